The number of aryl methyl sites for hydroxylation is 2. The predicted octanol–water partition coefficient (Wildman–Crippen LogP) is 4.77. The molecule has 0 aliphatic carbocycles. The maximum absolute atomic E-state index is 14.7. The van der Waals surface area contributed by atoms with Crippen LogP contribution in [-0.4, -0.2) is 41.0 Å². The Labute approximate surface area is 209 Å². The van der Waals surface area contributed by atoms with Crippen LogP contribution in [0, 0.1) is 19.7 Å². The number of piperidine rings is 1. The highest BCUT2D eigenvalue weighted by atomic mass is 32.2. The van der Waals surface area contributed by atoms with Gasteiger partial charge in [0.1, 0.15) is 11.1 Å². The third-order valence-corrected chi connectivity index (χ3v) is 7.32. The summed E-state index contributed by atoms with van der Waals surface area (Å²) >= 11 is 1.17. The van der Waals surface area contributed by atoms with Gasteiger partial charge in [0.15, 0.2) is 5.17 Å². The van der Waals surface area contributed by atoms with Crippen molar-refractivity contribution in [1.82, 2.24) is 5.32 Å². The molecule has 2 saturated heterocycles. The van der Waals surface area contributed by atoms with Gasteiger partial charge in [0.25, 0.3) is 0 Å². The van der Waals surface area contributed by atoms with Gasteiger partial charge in [-0.2, -0.15) is 5.10 Å². The molecule has 2 aromatic carbocycles. The van der Waals surface area contributed by atoms with Crippen molar-refractivity contribution in [3.63, 3.8) is 0 Å². The molecule has 9 heteroatoms. The molecular formula is C26H30FN5O2S. The molecule has 184 valence electrons. The van der Waals surface area contributed by atoms with E-state index in [0.717, 1.165) is 42.7 Å². The normalized spacial score (nSPS) is 19.7. The van der Waals surface area contributed by atoms with Crippen LogP contribution in [0.1, 0.15) is 49.3 Å². The standard InChI is InChI=1S/C26H30FN5O2S/c1-16-8-7-9-17(2)24(16)28-23(33)15-22-25(34)29-26(35-22)31-30-18(3)19-10-11-21(20(27)14-19)32-12-5-4-6-13-32/h7-11,14,22H,4-6,12-13,15H2,1-3H3,(H,28,33)(H,29,31,34). The van der Waals surface area contributed by atoms with Gasteiger partial charge in [0.05, 0.1) is 11.4 Å². The van der Waals surface area contributed by atoms with Crippen LogP contribution in [0.4, 0.5) is 15.8 Å². The van der Waals surface area contributed by atoms with Gasteiger partial charge in [-0.3, -0.25) is 9.59 Å². The Balaban J connectivity index is 1.38. The molecule has 1 atom stereocenters. The summed E-state index contributed by atoms with van der Waals surface area (Å²) in [4.78, 5) is 27.0. The highest BCUT2D eigenvalue weighted by Crippen LogP contribution is 2.26. The molecule has 2 amide bonds. The molecule has 2 aromatic rings. The van der Waals surface area contributed by atoms with Gasteiger partial charge in [0, 0.05) is 30.8 Å². The van der Waals surface area contributed by atoms with E-state index in [2.05, 4.69) is 25.7 Å². The largest absolute Gasteiger partial charge is 0.369 e. The number of amides is 2. The fraction of sp³-hybridized carbons (Fsp3) is 0.385. The molecule has 2 heterocycles. The number of hydrogen-bond donors (Lipinski definition) is 2. The second kappa shape index (κ2) is 11.0. The van der Waals surface area contributed by atoms with E-state index >= 15 is 0 Å². The lowest BCUT2D eigenvalue weighted by molar-refractivity contribution is -0.122. The predicted molar refractivity (Wildman–Crippen MR) is 141 cm³/mol. The molecule has 2 aliphatic heterocycles. The molecule has 2 N–H and O–H groups in total. The average molecular weight is 496 g/mol. The van der Waals surface area contributed by atoms with E-state index in [-0.39, 0.29) is 24.1 Å². The number of anilines is 2. The third-order valence-electron chi connectivity index (χ3n) is 6.25. The van der Waals surface area contributed by atoms with Gasteiger partial charge in [-0.05, 0) is 63.3 Å². The Bertz CT molecular complexity index is 1170. The minimum absolute atomic E-state index is 0.0230. The van der Waals surface area contributed by atoms with Crippen molar-refractivity contribution in [2.45, 2.75) is 51.7 Å². The molecule has 0 aromatic heterocycles. The minimum Gasteiger partial charge on any atom is -0.369 e. The topological polar surface area (TPSA) is 86.2 Å². The van der Waals surface area contributed by atoms with Gasteiger partial charge in [-0.15, -0.1) is 5.10 Å². The third kappa shape index (κ3) is 6.08. The van der Waals surface area contributed by atoms with Gasteiger partial charge >= 0.3 is 0 Å². The molecule has 0 radical (unpaired) electrons. The SMILES string of the molecule is CC(=N/N=C1\NC(=O)C(CC(=O)Nc2c(C)cccc2C)S1)c1ccc(N2CCCCC2)c(F)c1. The number of nitrogens with zero attached hydrogens (tertiary/aromatic N) is 3. The van der Waals surface area contributed by atoms with E-state index in [0.29, 0.717) is 22.1 Å². The van der Waals surface area contributed by atoms with Crippen LogP contribution < -0.4 is 15.5 Å². The summed E-state index contributed by atoms with van der Waals surface area (Å²) in [6.07, 6.45) is 3.37. The Morgan fingerprint density at radius 1 is 1.17 bits per heavy atom. The Morgan fingerprint density at radius 2 is 1.89 bits per heavy atom. The highest BCUT2D eigenvalue weighted by molar-refractivity contribution is 8.15. The first-order chi connectivity index (χ1) is 16.8. The first-order valence-corrected chi connectivity index (χ1v) is 12.7. The summed E-state index contributed by atoms with van der Waals surface area (Å²) in [5.74, 6) is -0.791. The van der Waals surface area contributed by atoms with E-state index < -0.39 is 5.25 Å². The van der Waals surface area contributed by atoms with Crippen LogP contribution in [0.3, 0.4) is 0 Å². The number of halogens is 1. The number of amidine groups is 1. The monoisotopic (exact) mass is 495 g/mol. The van der Waals surface area contributed by atoms with E-state index in [1.54, 1.807) is 13.0 Å². The lowest BCUT2D eigenvalue weighted by Gasteiger charge is -2.29. The number of carbonyl (C=O) groups is 2. The quantitative estimate of drug-likeness (QED) is 0.446. The summed E-state index contributed by atoms with van der Waals surface area (Å²) in [6.45, 7) is 7.35. The van der Waals surface area contributed by atoms with Crippen LogP contribution in [0.25, 0.3) is 0 Å². The molecule has 2 fully saturated rings. The average Bonchev–Trinajstić information content (AvgIpc) is 3.19. The van der Waals surface area contributed by atoms with E-state index in [1.807, 2.05) is 38.1 Å². The van der Waals surface area contributed by atoms with Crippen LogP contribution in [-0.2, 0) is 9.59 Å². The van der Waals surface area contributed by atoms with Crippen molar-refractivity contribution >= 4 is 45.8 Å². The molecule has 2 aliphatic rings. The Kier molecular flexibility index (Phi) is 7.85. The van der Waals surface area contributed by atoms with Gasteiger partial charge in [-0.1, -0.05) is 36.0 Å². The van der Waals surface area contributed by atoms with Gasteiger partial charge in [0.2, 0.25) is 11.8 Å². The Morgan fingerprint density at radius 3 is 2.57 bits per heavy atom. The number of rotatable bonds is 6. The van der Waals surface area contributed by atoms with Gasteiger partial charge in [-0.25, -0.2) is 4.39 Å². The number of benzene rings is 2. The minimum atomic E-state index is -0.588. The molecule has 35 heavy (non-hydrogen) atoms. The number of carbonyl (C=O) groups excluding carboxylic acids is 2. The summed E-state index contributed by atoms with van der Waals surface area (Å²) in [5, 5.41) is 13.6. The first kappa shape index (κ1) is 24.9. The van der Waals surface area contributed by atoms with Crippen LogP contribution in [0.15, 0.2) is 46.6 Å². The number of hydrogen-bond acceptors (Lipinski definition) is 6. The maximum atomic E-state index is 14.7. The lowest BCUT2D eigenvalue weighted by Crippen LogP contribution is -2.30. The zero-order valence-electron chi connectivity index (χ0n) is 20.2. The summed E-state index contributed by atoms with van der Waals surface area (Å²) < 4.78 is 14.7. The molecule has 0 bridgehead atoms. The summed E-state index contributed by atoms with van der Waals surface area (Å²) in [7, 11) is 0. The lowest BCUT2D eigenvalue weighted by atomic mass is 10.1. The van der Waals surface area contributed by atoms with Crippen LogP contribution in [0.2, 0.25) is 0 Å². The molecule has 7 nitrogen and oxygen atoms in total. The Hall–Kier alpha value is -3.20. The first-order valence-electron chi connectivity index (χ1n) is 11.8. The van der Waals surface area contributed by atoms with E-state index in [4.69, 9.17) is 0 Å². The highest BCUT2D eigenvalue weighted by Gasteiger charge is 2.32. The second-order valence-corrected chi connectivity index (χ2v) is 10.1. The second-order valence-electron chi connectivity index (χ2n) is 8.92. The van der Waals surface area contributed by atoms with Crippen LogP contribution in [0.5, 0.6) is 0 Å². The molecule has 4 rings (SSSR count). The molecule has 1 unspecified atom stereocenters. The van der Waals surface area contributed by atoms with Crippen molar-refractivity contribution in [2.75, 3.05) is 23.3 Å². The van der Waals surface area contributed by atoms with Crippen molar-refractivity contribution in [2.24, 2.45) is 10.2 Å². The fourth-order valence-electron chi connectivity index (χ4n) is 4.26. The van der Waals surface area contributed by atoms with Crippen LogP contribution >= 0.6 is 11.8 Å². The van der Waals surface area contributed by atoms with Crippen molar-refractivity contribution < 1.29 is 14.0 Å². The fourth-order valence-corrected chi connectivity index (χ4v) is 5.18. The van der Waals surface area contributed by atoms with Crippen molar-refractivity contribution in [1.29, 1.82) is 0 Å². The smallest absolute Gasteiger partial charge is 0.240 e. The summed E-state index contributed by atoms with van der Waals surface area (Å²) in [6, 6.07) is 10.9. The van der Waals surface area contributed by atoms with Gasteiger partial charge < -0.3 is 15.5 Å². The van der Waals surface area contributed by atoms with E-state index in [1.165, 1.54) is 24.2 Å². The zero-order chi connectivity index (χ0) is 24.9. The zero-order valence-corrected chi connectivity index (χ0v) is 21.0. The molecule has 0 spiro atoms. The van der Waals surface area contributed by atoms with E-state index in [9.17, 15) is 14.0 Å². The summed E-state index contributed by atoms with van der Waals surface area (Å²) in [5.41, 5.74) is 4.49. The number of para-hydroxylation sites is 1. The number of thioether (sulfide) groups is 1. The van der Waals surface area contributed by atoms with Crippen molar-refractivity contribution in [3.05, 3.63) is 58.9 Å². The molecular weight excluding hydrogens is 465 g/mol. The number of nitrogens with one attached hydrogen (secondary N) is 2. The maximum Gasteiger partial charge on any atom is 0.240 e. The molecule has 0 saturated carbocycles. The van der Waals surface area contributed by atoms with Crippen molar-refractivity contribution in [3.8, 4) is 0 Å².